The lowest BCUT2D eigenvalue weighted by atomic mass is 10.0. The van der Waals surface area contributed by atoms with Gasteiger partial charge in [-0.1, -0.05) is 49.9 Å². The molecule has 0 radical (unpaired) electrons. The van der Waals surface area contributed by atoms with E-state index in [1.165, 1.54) is 0 Å². The number of ether oxygens (including phenoxy) is 1. The van der Waals surface area contributed by atoms with Gasteiger partial charge in [-0.25, -0.2) is 4.98 Å². The number of benzene rings is 2. The lowest BCUT2D eigenvalue weighted by molar-refractivity contribution is 0.0483. The Kier molecular flexibility index (Phi) is 7.94. The normalized spacial score (nSPS) is 12.4. The van der Waals surface area contributed by atoms with Crippen LogP contribution in [0.5, 0.6) is 0 Å². The summed E-state index contributed by atoms with van der Waals surface area (Å²) in [6.45, 7) is 7.53. The Morgan fingerprint density at radius 3 is 2.57 bits per heavy atom. The van der Waals surface area contributed by atoms with Crippen molar-refractivity contribution in [2.75, 3.05) is 20.3 Å². The number of rotatable bonds is 10. The predicted octanol–water partition coefficient (Wildman–Crippen LogP) is 5.64. The van der Waals surface area contributed by atoms with E-state index in [2.05, 4.69) is 18.8 Å². The maximum atomic E-state index is 13.0. The first-order valence-electron chi connectivity index (χ1n) is 10.4. The number of likely N-dealkylation sites (N-methyl/N-ethyl adjacent to an activating group) is 1. The van der Waals surface area contributed by atoms with E-state index in [-0.39, 0.29) is 11.9 Å². The summed E-state index contributed by atoms with van der Waals surface area (Å²) in [7, 11) is 1.87. The molecule has 0 bridgehead atoms. The molecular weight excluding hydrogens is 396 g/mol. The van der Waals surface area contributed by atoms with Crippen LogP contribution in [0, 0.1) is 5.92 Å². The summed E-state index contributed by atoms with van der Waals surface area (Å²) in [4.78, 5) is 19.3. The Balaban J connectivity index is 1.61. The number of aromatic nitrogens is 1. The largest absolute Gasteiger partial charge is 0.431 e. The third-order valence-corrected chi connectivity index (χ3v) is 5.86. The average molecular weight is 427 g/mol. The van der Waals surface area contributed by atoms with Gasteiger partial charge in [0.25, 0.3) is 11.1 Å². The Hall–Kier alpha value is -2.31. The first-order chi connectivity index (χ1) is 14.5. The fourth-order valence-electron chi connectivity index (χ4n) is 3.31. The average Bonchev–Trinajstić information content (AvgIpc) is 3.17. The van der Waals surface area contributed by atoms with Gasteiger partial charge in [0.2, 0.25) is 0 Å². The first-order valence-corrected chi connectivity index (χ1v) is 11.4. The van der Waals surface area contributed by atoms with Crippen LogP contribution in [0.15, 0.2) is 58.2 Å². The molecule has 0 spiro atoms. The van der Waals surface area contributed by atoms with Crippen molar-refractivity contribution in [3.05, 3.63) is 59.7 Å². The molecule has 6 heteroatoms. The van der Waals surface area contributed by atoms with Crippen molar-refractivity contribution in [2.24, 2.45) is 5.92 Å². The van der Waals surface area contributed by atoms with E-state index in [0.29, 0.717) is 29.9 Å². The standard InChI is InChI=1S/C24H30N2O3S/c1-5-28-15-20(14-17(2)3)26(4)23(27)19-12-10-18(11-13-19)16-30-24-25-21-8-6-7-9-22(21)29-24/h6-13,17,20H,5,14-16H2,1-4H3/t20-/m0/s1. The molecule has 0 fully saturated rings. The molecule has 160 valence electrons. The van der Waals surface area contributed by atoms with Crippen LogP contribution in [0.4, 0.5) is 0 Å². The van der Waals surface area contributed by atoms with Crippen molar-refractivity contribution < 1.29 is 13.9 Å². The molecule has 0 aliphatic carbocycles. The number of oxazole rings is 1. The summed E-state index contributed by atoms with van der Waals surface area (Å²) in [6, 6.07) is 15.6. The summed E-state index contributed by atoms with van der Waals surface area (Å²) in [5, 5.41) is 0.656. The number of carbonyl (C=O) groups is 1. The molecule has 0 aliphatic heterocycles. The quantitative estimate of drug-likeness (QED) is 0.393. The van der Waals surface area contributed by atoms with Gasteiger partial charge in [0.05, 0.1) is 12.6 Å². The zero-order valence-electron chi connectivity index (χ0n) is 18.1. The fraction of sp³-hybridized carbons (Fsp3) is 0.417. The molecule has 0 unspecified atom stereocenters. The van der Waals surface area contributed by atoms with E-state index >= 15 is 0 Å². The molecule has 1 amide bonds. The highest BCUT2D eigenvalue weighted by Crippen LogP contribution is 2.26. The van der Waals surface area contributed by atoms with Crippen molar-refractivity contribution in [1.29, 1.82) is 0 Å². The topological polar surface area (TPSA) is 55.6 Å². The minimum atomic E-state index is 0.0264. The minimum Gasteiger partial charge on any atom is -0.431 e. The lowest BCUT2D eigenvalue weighted by Crippen LogP contribution is -2.41. The van der Waals surface area contributed by atoms with Gasteiger partial charge < -0.3 is 14.1 Å². The number of hydrogen-bond acceptors (Lipinski definition) is 5. The summed E-state index contributed by atoms with van der Waals surface area (Å²) in [6.07, 6.45) is 0.918. The SMILES string of the molecule is CCOC[C@H](CC(C)C)N(C)C(=O)c1ccc(CSc2nc3ccccc3o2)cc1. The van der Waals surface area contributed by atoms with E-state index < -0.39 is 0 Å². The summed E-state index contributed by atoms with van der Waals surface area (Å²) in [5.41, 5.74) is 3.48. The summed E-state index contributed by atoms with van der Waals surface area (Å²) in [5.74, 6) is 1.26. The summed E-state index contributed by atoms with van der Waals surface area (Å²) >= 11 is 1.55. The Bertz CT molecular complexity index is 919. The van der Waals surface area contributed by atoms with Gasteiger partial charge >= 0.3 is 0 Å². The van der Waals surface area contributed by atoms with E-state index in [4.69, 9.17) is 9.15 Å². The van der Waals surface area contributed by atoms with Crippen LogP contribution in [0.2, 0.25) is 0 Å². The molecule has 0 saturated carbocycles. The molecule has 2 aromatic carbocycles. The van der Waals surface area contributed by atoms with Gasteiger partial charge in [0.15, 0.2) is 5.58 Å². The van der Waals surface area contributed by atoms with Crippen molar-refractivity contribution in [3.63, 3.8) is 0 Å². The molecule has 3 rings (SSSR count). The van der Waals surface area contributed by atoms with Crippen LogP contribution < -0.4 is 0 Å². The third-order valence-electron chi connectivity index (χ3n) is 4.96. The van der Waals surface area contributed by atoms with Gasteiger partial charge in [-0.2, -0.15) is 0 Å². The molecule has 1 heterocycles. The van der Waals surface area contributed by atoms with E-state index in [1.54, 1.807) is 11.8 Å². The zero-order valence-corrected chi connectivity index (χ0v) is 18.9. The van der Waals surface area contributed by atoms with E-state index in [1.807, 2.05) is 67.4 Å². The highest BCUT2D eigenvalue weighted by Gasteiger charge is 2.22. The van der Waals surface area contributed by atoms with Gasteiger partial charge in [-0.15, -0.1) is 0 Å². The van der Waals surface area contributed by atoms with E-state index in [0.717, 1.165) is 28.8 Å². The van der Waals surface area contributed by atoms with Crippen LogP contribution in [0.25, 0.3) is 11.1 Å². The summed E-state index contributed by atoms with van der Waals surface area (Å²) < 4.78 is 11.4. The van der Waals surface area contributed by atoms with Crippen LogP contribution in [0.1, 0.15) is 43.1 Å². The fourth-order valence-corrected chi connectivity index (χ4v) is 4.10. The second kappa shape index (κ2) is 10.6. The lowest BCUT2D eigenvalue weighted by Gasteiger charge is -2.29. The Morgan fingerprint density at radius 2 is 1.90 bits per heavy atom. The molecule has 5 nitrogen and oxygen atoms in total. The van der Waals surface area contributed by atoms with Crippen LogP contribution in [-0.4, -0.2) is 42.1 Å². The second-order valence-electron chi connectivity index (χ2n) is 7.79. The van der Waals surface area contributed by atoms with Crippen molar-refractivity contribution in [1.82, 2.24) is 9.88 Å². The third kappa shape index (κ3) is 5.86. The van der Waals surface area contributed by atoms with Gasteiger partial charge in [-0.05, 0) is 49.1 Å². The van der Waals surface area contributed by atoms with Crippen LogP contribution >= 0.6 is 11.8 Å². The van der Waals surface area contributed by atoms with Gasteiger partial charge in [0.1, 0.15) is 5.52 Å². The molecule has 1 atom stereocenters. The number of para-hydroxylation sites is 2. The van der Waals surface area contributed by atoms with Gasteiger partial charge in [-0.3, -0.25) is 4.79 Å². The maximum Gasteiger partial charge on any atom is 0.257 e. The second-order valence-corrected chi connectivity index (χ2v) is 8.72. The van der Waals surface area contributed by atoms with Crippen molar-refractivity contribution >= 4 is 28.8 Å². The Morgan fingerprint density at radius 1 is 1.17 bits per heavy atom. The number of fused-ring (bicyclic) bond motifs is 1. The number of thioether (sulfide) groups is 1. The smallest absolute Gasteiger partial charge is 0.257 e. The molecule has 3 aromatic rings. The molecule has 30 heavy (non-hydrogen) atoms. The highest BCUT2D eigenvalue weighted by molar-refractivity contribution is 7.98. The molecule has 0 N–H and O–H groups in total. The van der Waals surface area contributed by atoms with Crippen LogP contribution in [0.3, 0.4) is 0 Å². The number of nitrogens with zero attached hydrogens (tertiary/aromatic N) is 2. The first kappa shape index (κ1) is 22.4. The van der Waals surface area contributed by atoms with Crippen LogP contribution in [-0.2, 0) is 10.5 Å². The highest BCUT2D eigenvalue weighted by atomic mass is 32.2. The van der Waals surface area contributed by atoms with Gasteiger partial charge in [0, 0.05) is 25.0 Å². The maximum absolute atomic E-state index is 13.0. The zero-order chi connectivity index (χ0) is 21.5. The molecular formula is C24H30N2O3S. The number of hydrogen-bond donors (Lipinski definition) is 0. The van der Waals surface area contributed by atoms with E-state index in [9.17, 15) is 4.79 Å². The van der Waals surface area contributed by atoms with Crippen molar-refractivity contribution in [3.8, 4) is 0 Å². The molecule has 0 aliphatic rings. The molecule has 1 aromatic heterocycles. The minimum absolute atomic E-state index is 0.0264. The monoisotopic (exact) mass is 426 g/mol. The number of amides is 1. The number of carbonyl (C=O) groups excluding carboxylic acids is 1. The van der Waals surface area contributed by atoms with Crippen molar-refractivity contribution in [2.45, 2.75) is 44.2 Å². The Labute approximate surface area is 182 Å². The molecule has 0 saturated heterocycles. The predicted molar refractivity (Wildman–Crippen MR) is 122 cm³/mol.